The second kappa shape index (κ2) is 9.02. The third-order valence-electron chi connectivity index (χ3n) is 8.15. The molecular formula is C25H33F2N7O. The molecule has 0 aromatic carbocycles. The number of hydrogen-bond donors (Lipinski definition) is 2. The molecule has 10 heteroatoms. The van der Waals surface area contributed by atoms with Gasteiger partial charge in [-0.25, -0.2) is 18.7 Å². The highest BCUT2D eigenvalue weighted by molar-refractivity contribution is 5.85. The van der Waals surface area contributed by atoms with Crippen LogP contribution in [0.5, 0.6) is 0 Å². The van der Waals surface area contributed by atoms with Gasteiger partial charge in [0.2, 0.25) is 17.8 Å². The Hall–Kier alpha value is -2.78. The lowest BCUT2D eigenvalue weighted by molar-refractivity contribution is -0.138. The molecule has 188 valence electrons. The molecule has 3 fully saturated rings. The molecule has 0 radical (unpaired) electrons. The molecule has 2 N–H and O–H groups in total. The lowest BCUT2D eigenvalue weighted by Gasteiger charge is -2.35. The summed E-state index contributed by atoms with van der Waals surface area (Å²) in [5, 5.41) is 3.41. The second-order valence-electron chi connectivity index (χ2n) is 10.5. The van der Waals surface area contributed by atoms with Gasteiger partial charge in [0.15, 0.2) is 0 Å². The van der Waals surface area contributed by atoms with Gasteiger partial charge >= 0.3 is 0 Å². The van der Waals surface area contributed by atoms with E-state index in [2.05, 4.69) is 15.3 Å². The van der Waals surface area contributed by atoms with E-state index in [4.69, 9.17) is 9.97 Å². The monoisotopic (exact) mass is 485 g/mol. The number of aromatic nitrogens is 4. The van der Waals surface area contributed by atoms with Crippen molar-refractivity contribution in [3.05, 3.63) is 23.1 Å². The predicted molar refractivity (Wildman–Crippen MR) is 128 cm³/mol. The van der Waals surface area contributed by atoms with Gasteiger partial charge in [-0.3, -0.25) is 4.79 Å². The summed E-state index contributed by atoms with van der Waals surface area (Å²) >= 11 is 0. The number of H-pyrrole nitrogens is 1. The van der Waals surface area contributed by atoms with Crippen molar-refractivity contribution in [2.75, 3.05) is 29.9 Å². The maximum absolute atomic E-state index is 13.6. The van der Waals surface area contributed by atoms with Crippen LogP contribution >= 0.6 is 0 Å². The minimum atomic E-state index is -2.67. The van der Waals surface area contributed by atoms with Crippen LogP contribution in [0.1, 0.15) is 80.7 Å². The molecule has 1 atom stereocenters. The Labute approximate surface area is 203 Å². The minimum Gasteiger partial charge on any atom is -0.340 e. The van der Waals surface area contributed by atoms with Crippen LogP contribution in [-0.2, 0) is 17.6 Å². The molecule has 0 bridgehead atoms. The fourth-order valence-corrected chi connectivity index (χ4v) is 6.13. The van der Waals surface area contributed by atoms with Crippen LogP contribution in [0, 0.1) is 0 Å². The van der Waals surface area contributed by atoms with E-state index in [-0.39, 0.29) is 31.8 Å². The van der Waals surface area contributed by atoms with E-state index < -0.39 is 12.0 Å². The average Bonchev–Trinajstić information content (AvgIpc) is 3.65. The van der Waals surface area contributed by atoms with Crippen molar-refractivity contribution in [3.63, 3.8) is 0 Å². The number of carbonyl (C=O) groups excluding carboxylic acids is 1. The normalized spacial score (nSPS) is 24.2. The number of halogens is 2. The Kier molecular flexibility index (Phi) is 5.84. The average molecular weight is 486 g/mol. The van der Waals surface area contributed by atoms with Gasteiger partial charge in [0, 0.05) is 49.7 Å². The Balaban J connectivity index is 1.23. The van der Waals surface area contributed by atoms with E-state index in [1.807, 2.05) is 11.1 Å². The van der Waals surface area contributed by atoms with Gasteiger partial charge < -0.3 is 20.1 Å². The van der Waals surface area contributed by atoms with Gasteiger partial charge in [0.1, 0.15) is 11.9 Å². The molecule has 1 saturated carbocycles. The molecule has 8 nitrogen and oxygen atoms in total. The minimum absolute atomic E-state index is 0.0798. The number of imidazole rings is 1. The number of aromatic amines is 1. The van der Waals surface area contributed by atoms with E-state index >= 15 is 0 Å². The van der Waals surface area contributed by atoms with E-state index in [9.17, 15) is 13.6 Å². The summed E-state index contributed by atoms with van der Waals surface area (Å²) in [6, 6.07) is -0.397. The first-order chi connectivity index (χ1) is 17.0. The molecule has 2 aromatic heterocycles. The first-order valence-corrected chi connectivity index (χ1v) is 13.1. The standard InChI is InChI=1S/C25H33F2N7O/c26-25(27)10-13-33(14-11-25)22(35)20-9-4-12-34(20)24-30-18-8-3-7-17(18)21(32-24)31-23-28-15-19(29-23)16-5-1-2-6-16/h15-16,20H,1-14H2,(H2,28,29,30,31,32). The SMILES string of the molecule is O=C(C1CCCN1c1nc2c(c(Nc3ncc(C4CCCC4)[nH]3)n1)CCC2)N1CCC(F)(F)CC1. The number of aryl methyl sites for hydroxylation is 1. The van der Waals surface area contributed by atoms with Gasteiger partial charge in [0.25, 0.3) is 5.92 Å². The van der Waals surface area contributed by atoms with E-state index in [0.29, 0.717) is 30.8 Å². The quantitative estimate of drug-likeness (QED) is 0.656. The Morgan fingerprint density at radius 3 is 2.63 bits per heavy atom. The van der Waals surface area contributed by atoms with Gasteiger partial charge in [-0.15, -0.1) is 0 Å². The van der Waals surface area contributed by atoms with Gasteiger partial charge in [-0.05, 0) is 44.9 Å². The summed E-state index contributed by atoms with van der Waals surface area (Å²) in [5.74, 6) is -0.202. The summed E-state index contributed by atoms with van der Waals surface area (Å²) in [5.41, 5.74) is 3.32. The summed E-state index contributed by atoms with van der Waals surface area (Å²) in [6.07, 6.45) is 10.7. The molecule has 1 amide bonds. The number of alkyl halides is 2. The summed E-state index contributed by atoms with van der Waals surface area (Å²) in [7, 11) is 0. The Morgan fingerprint density at radius 1 is 1.03 bits per heavy atom. The number of hydrogen-bond acceptors (Lipinski definition) is 6. The summed E-state index contributed by atoms with van der Waals surface area (Å²) in [6.45, 7) is 0.900. The molecule has 35 heavy (non-hydrogen) atoms. The molecule has 2 aliphatic carbocycles. The van der Waals surface area contributed by atoms with Gasteiger partial charge in [-0.1, -0.05) is 12.8 Å². The number of carbonyl (C=O) groups is 1. The number of amides is 1. The zero-order valence-electron chi connectivity index (χ0n) is 20.0. The molecule has 2 aromatic rings. The van der Waals surface area contributed by atoms with Crippen LogP contribution in [0.25, 0.3) is 0 Å². The smallest absolute Gasteiger partial charge is 0.251 e. The van der Waals surface area contributed by atoms with Crippen LogP contribution in [-0.4, -0.2) is 62.3 Å². The molecule has 6 rings (SSSR count). The third-order valence-corrected chi connectivity index (χ3v) is 8.15. The van der Waals surface area contributed by atoms with Crippen LogP contribution < -0.4 is 10.2 Å². The first kappa shape index (κ1) is 22.7. The number of anilines is 3. The number of fused-ring (bicyclic) bond motifs is 1. The van der Waals surface area contributed by atoms with Crippen molar-refractivity contribution in [1.82, 2.24) is 24.8 Å². The number of nitrogens with one attached hydrogen (secondary N) is 2. The zero-order chi connectivity index (χ0) is 24.0. The molecule has 4 aliphatic rings. The van der Waals surface area contributed by atoms with Crippen LogP contribution in [0.3, 0.4) is 0 Å². The number of likely N-dealkylation sites (tertiary alicyclic amines) is 1. The predicted octanol–water partition coefficient (Wildman–Crippen LogP) is 4.32. The second-order valence-corrected chi connectivity index (χ2v) is 10.5. The molecule has 4 heterocycles. The summed E-state index contributed by atoms with van der Waals surface area (Å²) < 4.78 is 27.2. The highest BCUT2D eigenvalue weighted by atomic mass is 19.3. The lowest BCUT2D eigenvalue weighted by atomic mass is 10.1. The number of nitrogens with zero attached hydrogens (tertiary/aromatic N) is 5. The topological polar surface area (TPSA) is 90.0 Å². The fraction of sp³-hybridized carbons (Fsp3) is 0.680. The lowest BCUT2D eigenvalue weighted by Crippen LogP contribution is -2.50. The van der Waals surface area contributed by atoms with Crippen molar-refractivity contribution in [2.45, 2.75) is 88.5 Å². The fourth-order valence-electron chi connectivity index (χ4n) is 6.13. The van der Waals surface area contributed by atoms with E-state index in [1.165, 1.54) is 31.4 Å². The largest absolute Gasteiger partial charge is 0.340 e. The van der Waals surface area contributed by atoms with Crippen molar-refractivity contribution in [2.24, 2.45) is 0 Å². The zero-order valence-corrected chi connectivity index (χ0v) is 20.0. The Bertz CT molecular complexity index is 1090. The molecule has 0 spiro atoms. The highest BCUT2D eigenvalue weighted by Crippen LogP contribution is 2.36. The maximum Gasteiger partial charge on any atom is 0.251 e. The summed E-state index contributed by atoms with van der Waals surface area (Å²) in [4.78, 5) is 34.6. The van der Waals surface area contributed by atoms with Crippen molar-refractivity contribution in [1.29, 1.82) is 0 Å². The van der Waals surface area contributed by atoms with E-state index in [1.54, 1.807) is 4.90 Å². The van der Waals surface area contributed by atoms with Crippen LogP contribution in [0.15, 0.2) is 6.20 Å². The Morgan fingerprint density at radius 2 is 1.83 bits per heavy atom. The number of rotatable bonds is 5. The highest BCUT2D eigenvalue weighted by Gasteiger charge is 2.41. The van der Waals surface area contributed by atoms with E-state index in [0.717, 1.165) is 42.8 Å². The van der Waals surface area contributed by atoms with Gasteiger partial charge in [0.05, 0.1) is 11.9 Å². The van der Waals surface area contributed by atoms with Gasteiger partial charge in [-0.2, -0.15) is 4.98 Å². The molecule has 2 aliphatic heterocycles. The molecule has 2 saturated heterocycles. The molecule has 1 unspecified atom stereocenters. The van der Waals surface area contributed by atoms with Crippen LogP contribution in [0.2, 0.25) is 0 Å². The maximum atomic E-state index is 13.6. The third kappa shape index (κ3) is 4.47. The first-order valence-electron chi connectivity index (χ1n) is 13.1. The van der Waals surface area contributed by atoms with Crippen molar-refractivity contribution >= 4 is 23.6 Å². The van der Waals surface area contributed by atoms with Crippen molar-refractivity contribution in [3.8, 4) is 0 Å². The molecular weight excluding hydrogens is 452 g/mol. The van der Waals surface area contributed by atoms with Crippen molar-refractivity contribution < 1.29 is 13.6 Å². The number of piperidine rings is 1. The van der Waals surface area contributed by atoms with Crippen LogP contribution in [0.4, 0.5) is 26.5 Å².